The van der Waals surface area contributed by atoms with Gasteiger partial charge < -0.3 is 0 Å². The molecule has 0 aromatic heterocycles. The van der Waals surface area contributed by atoms with Gasteiger partial charge in [0.25, 0.3) is 0 Å². The van der Waals surface area contributed by atoms with Gasteiger partial charge in [0.05, 0.1) is 17.5 Å². The highest BCUT2D eigenvalue weighted by Crippen LogP contribution is 2.50. The lowest BCUT2D eigenvalue weighted by Gasteiger charge is -2.32. The molecule has 1 saturated heterocycles. The number of hydrogen-bond acceptors (Lipinski definition) is 2. The van der Waals surface area contributed by atoms with Crippen molar-refractivity contribution in [2.75, 3.05) is 4.90 Å². The minimum absolute atomic E-state index is 0.182. The lowest BCUT2D eigenvalue weighted by Crippen LogP contribution is -2.31. The van der Waals surface area contributed by atoms with E-state index in [1.807, 2.05) is 60.7 Å². The van der Waals surface area contributed by atoms with Crippen LogP contribution in [0.4, 0.5) is 10.1 Å². The third-order valence-electron chi connectivity index (χ3n) is 6.15. The molecule has 5 rings (SSSR count). The molecule has 0 spiro atoms. The molecule has 148 valence electrons. The average Bonchev–Trinajstić information content (AvgIpc) is 3.06. The molecular weight excluding hydrogens is 377 g/mol. The van der Waals surface area contributed by atoms with Crippen molar-refractivity contribution < 1.29 is 14.0 Å². The molecule has 2 amide bonds. The molecule has 0 N–H and O–H groups in total. The summed E-state index contributed by atoms with van der Waals surface area (Å²) in [6.07, 6.45) is 4.13. The first kappa shape index (κ1) is 18.5. The SMILES string of the molecule is O=C1[C@@H]2[C@@H](C(=O)N1c1ccc(F)cc1)[C@H](c1ccccc1)C=C[C@@H]2c1ccccc1. The van der Waals surface area contributed by atoms with E-state index in [9.17, 15) is 14.0 Å². The predicted octanol–water partition coefficient (Wildman–Crippen LogP) is 5.07. The molecule has 1 aliphatic heterocycles. The Hall–Kier alpha value is -3.53. The summed E-state index contributed by atoms with van der Waals surface area (Å²) in [5.41, 5.74) is 2.44. The van der Waals surface area contributed by atoms with E-state index in [0.717, 1.165) is 11.1 Å². The minimum atomic E-state index is -0.500. The molecule has 0 unspecified atom stereocenters. The van der Waals surface area contributed by atoms with Crippen LogP contribution < -0.4 is 4.90 Å². The molecule has 3 aromatic carbocycles. The second-order valence-electron chi connectivity index (χ2n) is 7.80. The third-order valence-corrected chi connectivity index (χ3v) is 6.15. The lowest BCUT2D eigenvalue weighted by molar-refractivity contribution is -0.122. The number of amides is 2. The lowest BCUT2D eigenvalue weighted by atomic mass is 9.68. The molecule has 0 bridgehead atoms. The Labute approximate surface area is 174 Å². The van der Waals surface area contributed by atoms with Crippen molar-refractivity contribution in [2.24, 2.45) is 11.8 Å². The second kappa shape index (κ2) is 7.38. The Bertz CT molecular complexity index is 1040. The van der Waals surface area contributed by atoms with Gasteiger partial charge in [-0.3, -0.25) is 9.59 Å². The van der Waals surface area contributed by atoms with Crippen molar-refractivity contribution in [3.63, 3.8) is 0 Å². The highest BCUT2D eigenvalue weighted by molar-refractivity contribution is 6.22. The van der Waals surface area contributed by atoms with E-state index in [0.29, 0.717) is 5.69 Å². The van der Waals surface area contributed by atoms with Crippen LogP contribution in [0.15, 0.2) is 97.1 Å². The second-order valence-corrected chi connectivity index (χ2v) is 7.80. The fraction of sp³-hybridized carbons (Fsp3) is 0.154. The highest BCUT2D eigenvalue weighted by atomic mass is 19.1. The monoisotopic (exact) mass is 397 g/mol. The van der Waals surface area contributed by atoms with E-state index in [4.69, 9.17) is 0 Å². The van der Waals surface area contributed by atoms with E-state index in [1.54, 1.807) is 0 Å². The van der Waals surface area contributed by atoms with Gasteiger partial charge in [0.2, 0.25) is 11.8 Å². The van der Waals surface area contributed by atoms with E-state index in [2.05, 4.69) is 12.2 Å². The summed E-state index contributed by atoms with van der Waals surface area (Å²) in [5, 5.41) is 0. The van der Waals surface area contributed by atoms with Gasteiger partial charge in [0.15, 0.2) is 0 Å². The Morgan fingerprint density at radius 2 is 1.03 bits per heavy atom. The zero-order chi connectivity index (χ0) is 20.7. The van der Waals surface area contributed by atoms with Crippen LogP contribution in [0.3, 0.4) is 0 Å². The number of imide groups is 1. The normalized spacial score (nSPS) is 25.4. The number of halogens is 1. The van der Waals surface area contributed by atoms with Crippen LogP contribution in [0.5, 0.6) is 0 Å². The van der Waals surface area contributed by atoms with Gasteiger partial charge in [-0.15, -0.1) is 0 Å². The minimum Gasteiger partial charge on any atom is -0.274 e. The topological polar surface area (TPSA) is 37.4 Å². The fourth-order valence-corrected chi connectivity index (χ4v) is 4.78. The van der Waals surface area contributed by atoms with Crippen molar-refractivity contribution in [1.29, 1.82) is 0 Å². The van der Waals surface area contributed by atoms with Crippen LogP contribution >= 0.6 is 0 Å². The van der Waals surface area contributed by atoms with Crippen LogP contribution in [-0.2, 0) is 9.59 Å². The number of rotatable bonds is 3. The quantitative estimate of drug-likeness (QED) is 0.457. The van der Waals surface area contributed by atoms with Gasteiger partial charge in [0.1, 0.15) is 5.82 Å². The molecule has 1 aliphatic carbocycles. The molecule has 1 heterocycles. The largest absolute Gasteiger partial charge is 0.274 e. The summed E-state index contributed by atoms with van der Waals surface area (Å²) in [5.74, 6) is -2.22. The van der Waals surface area contributed by atoms with E-state index in [-0.39, 0.29) is 23.7 Å². The van der Waals surface area contributed by atoms with Gasteiger partial charge in [-0.05, 0) is 35.4 Å². The average molecular weight is 397 g/mol. The summed E-state index contributed by atoms with van der Waals surface area (Å²) in [6.45, 7) is 0. The molecule has 30 heavy (non-hydrogen) atoms. The summed E-state index contributed by atoms with van der Waals surface area (Å²) in [6, 6.07) is 25.2. The molecule has 3 aromatic rings. The molecule has 4 heteroatoms. The maximum absolute atomic E-state index is 13.6. The maximum atomic E-state index is 13.6. The first-order valence-electron chi connectivity index (χ1n) is 10.1. The number of benzene rings is 3. The smallest absolute Gasteiger partial charge is 0.238 e. The summed E-state index contributed by atoms with van der Waals surface area (Å²) in [4.78, 5) is 28.4. The van der Waals surface area contributed by atoms with Gasteiger partial charge >= 0.3 is 0 Å². The molecule has 1 fully saturated rings. The molecule has 0 radical (unpaired) electrons. The van der Waals surface area contributed by atoms with E-state index < -0.39 is 17.7 Å². The Morgan fingerprint density at radius 3 is 1.47 bits per heavy atom. The molecule has 2 aliphatic rings. The van der Waals surface area contributed by atoms with Gasteiger partial charge in [-0.1, -0.05) is 72.8 Å². The van der Waals surface area contributed by atoms with Gasteiger partial charge in [-0.25, -0.2) is 9.29 Å². The zero-order valence-electron chi connectivity index (χ0n) is 16.2. The Balaban J connectivity index is 1.63. The number of allylic oxidation sites excluding steroid dienone is 2. The Kier molecular flexibility index (Phi) is 4.55. The van der Waals surface area contributed by atoms with E-state index >= 15 is 0 Å². The first-order chi connectivity index (χ1) is 14.6. The van der Waals surface area contributed by atoms with Crippen LogP contribution in [0.2, 0.25) is 0 Å². The third kappa shape index (κ3) is 2.96. The number of carbonyl (C=O) groups excluding carboxylic acids is 2. The summed E-state index contributed by atoms with van der Waals surface area (Å²) in [7, 11) is 0. The molecule has 3 nitrogen and oxygen atoms in total. The Morgan fingerprint density at radius 1 is 0.600 bits per heavy atom. The molecular formula is C26H20FNO2. The van der Waals surface area contributed by atoms with Crippen molar-refractivity contribution in [3.8, 4) is 0 Å². The van der Waals surface area contributed by atoms with Crippen LogP contribution in [-0.4, -0.2) is 11.8 Å². The number of carbonyl (C=O) groups is 2. The van der Waals surface area contributed by atoms with E-state index in [1.165, 1.54) is 29.2 Å². The summed E-state index contributed by atoms with van der Waals surface area (Å²) >= 11 is 0. The van der Waals surface area contributed by atoms with Crippen LogP contribution in [0, 0.1) is 17.7 Å². The van der Waals surface area contributed by atoms with Crippen molar-refractivity contribution in [3.05, 3.63) is 114 Å². The first-order valence-corrected chi connectivity index (χ1v) is 10.1. The zero-order valence-corrected chi connectivity index (χ0v) is 16.2. The standard InChI is InChI=1S/C26H20FNO2/c27-19-11-13-20(14-12-19)28-25(29)23-21(17-7-3-1-4-8-17)15-16-22(24(23)26(28)30)18-9-5-2-6-10-18/h1-16,21-24H/t21-,22+,23-,24-/m0/s1. The van der Waals surface area contributed by atoms with Gasteiger partial charge in [0, 0.05) is 11.8 Å². The maximum Gasteiger partial charge on any atom is 0.238 e. The van der Waals surface area contributed by atoms with Crippen LogP contribution in [0.25, 0.3) is 0 Å². The highest BCUT2D eigenvalue weighted by Gasteiger charge is 2.55. The van der Waals surface area contributed by atoms with Crippen molar-refractivity contribution >= 4 is 17.5 Å². The molecule has 0 saturated carbocycles. The number of anilines is 1. The number of fused-ring (bicyclic) bond motifs is 1. The fourth-order valence-electron chi connectivity index (χ4n) is 4.78. The number of hydrogen-bond donors (Lipinski definition) is 0. The van der Waals surface area contributed by atoms with Crippen LogP contribution in [0.1, 0.15) is 23.0 Å². The van der Waals surface area contributed by atoms with Gasteiger partial charge in [-0.2, -0.15) is 0 Å². The molecule has 4 atom stereocenters. The predicted molar refractivity (Wildman–Crippen MR) is 113 cm³/mol. The summed E-state index contributed by atoms with van der Waals surface area (Å²) < 4.78 is 13.4. The van der Waals surface area contributed by atoms with Crippen molar-refractivity contribution in [1.82, 2.24) is 0 Å². The van der Waals surface area contributed by atoms with Crippen molar-refractivity contribution in [2.45, 2.75) is 11.8 Å². The number of nitrogens with zero attached hydrogens (tertiary/aromatic N) is 1.